The Morgan fingerprint density at radius 1 is 1.28 bits per heavy atom. The zero-order valence-corrected chi connectivity index (χ0v) is 16.0. The lowest BCUT2D eigenvalue weighted by Gasteiger charge is -2.17. The van der Waals surface area contributed by atoms with Crippen molar-refractivity contribution in [2.45, 2.75) is 26.0 Å². The first kappa shape index (κ1) is 19.9. The number of fused-ring (bicyclic) bond motifs is 1. The van der Waals surface area contributed by atoms with Crippen molar-refractivity contribution in [2.75, 3.05) is 5.73 Å². The number of aliphatic hydroxyl groups is 1. The van der Waals surface area contributed by atoms with E-state index in [4.69, 9.17) is 11.3 Å². The summed E-state index contributed by atoms with van der Waals surface area (Å²) >= 11 is 0. The van der Waals surface area contributed by atoms with E-state index in [0.717, 1.165) is 0 Å². The molecule has 0 aliphatic carbocycles. The van der Waals surface area contributed by atoms with Crippen molar-refractivity contribution in [1.82, 2.24) is 20.3 Å². The number of rotatable bonds is 6. The number of nitrogens with two attached hydrogens (primary N) is 1. The highest BCUT2D eigenvalue weighted by Gasteiger charge is 2.17. The minimum Gasteiger partial charge on any atom is -0.384 e. The van der Waals surface area contributed by atoms with E-state index >= 15 is 0 Å². The number of nitrogens with zero attached hydrogens (tertiary/aromatic N) is 5. The molecule has 0 aliphatic heterocycles. The van der Waals surface area contributed by atoms with E-state index in [1.165, 1.54) is 6.20 Å². The molecule has 29 heavy (non-hydrogen) atoms. The van der Waals surface area contributed by atoms with Gasteiger partial charge in [-0.05, 0) is 32.0 Å². The molecule has 1 aromatic carbocycles. The number of benzene rings is 1. The van der Waals surface area contributed by atoms with Crippen LogP contribution in [0.25, 0.3) is 16.6 Å². The smallest absolute Gasteiger partial charge is 0.221 e. The number of aromatic nitrogens is 3. The Kier molecular flexibility index (Phi) is 5.47. The Morgan fingerprint density at radius 2 is 2.03 bits per heavy atom. The van der Waals surface area contributed by atoms with Crippen LogP contribution in [0.5, 0.6) is 0 Å². The Morgan fingerprint density at radius 3 is 2.72 bits per heavy atom. The van der Waals surface area contributed by atoms with Crippen molar-refractivity contribution >= 4 is 22.5 Å². The maximum absolute atomic E-state index is 10.1. The second-order valence-corrected chi connectivity index (χ2v) is 6.84. The molecule has 0 saturated heterocycles. The number of anilines is 1. The highest BCUT2D eigenvalue weighted by molar-refractivity contribution is 5.93. The van der Waals surface area contributed by atoms with Gasteiger partial charge in [-0.1, -0.05) is 18.2 Å². The van der Waals surface area contributed by atoms with Gasteiger partial charge in [-0.25, -0.2) is 15.5 Å². The van der Waals surface area contributed by atoms with Crippen LogP contribution in [0.1, 0.15) is 36.5 Å². The molecular weight excluding hydrogens is 368 g/mol. The van der Waals surface area contributed by atoms with Gasteiger partial charge in [0.2, 0.25) is 5.95 Å². The van der Waals surface area contributed by atoms with E-state index in [1.54, 1.807) is 38.1 Å². The lowest BCUT2D eigenvalue weighted by Crippen LogP contribution is -2.19. The normalized spacial score (nSPS) is 11.9. The highest BCUT2D eigenvalue weighted by atomic mass is 16.3. The molecule has 0 bridgehead atoms. The van der Waals surface area contributed by atoms with Gasteiger partial charge >= 0.3 is 0 Å². The summed E-state index contributed by atoms with van der Waals surface area (Å²) in [6.07, 6.45) is 1.53. The second-order valence-electron chi connectivity index (χ2n) is 6.84. The molecule has 0 unspecified atom stereocenters. The monoisotopic (exact) mass is 388 g/mol. The summed E-state index contributed by atoms with van der Waals surface area (Å²) in [6.45, 7) is 3.69. The topological polar surface area (TPSA) is 157 Å². The quantitative estimate of drug-likeness (QED) is 0.473. The standard InChI is InChI=1S/C20H20N8O/c1-20(2,29)16-8-4-6-13(25-16)10-24-11-15(28-23)18-14-7-3-5-12(9-21)17(14)26-19(22)27-18/h3-8,11,23-24,29H,10H2,1-2H3,(H2,22,26,27)/b15-11-,28-23?. The third-order valence-corrected chi connectivity index (χ3v) is 4.18. The number of nitriles is 1. The average Bonchev–Trinajstić information content (AvgIpc) is 2.70. The Balaban J connectivity index is 1.92. The summed E-state index contributed by atoms with van der Waals surface area (Å²) in [5, 5.41) is 26.6. The van der Waals surface area contributed by atoms with E-state index in [9.17, 15) is 10.4 Å². The molecule has 0 amide bonds. The number of nitrogen functional groups attached to an aromatic ring is 1. The zero-order chi connectivity index (χ0) is 21.0. The van der Waals surface area contributed by atoms with Gasteiger partial charge in [0.05, 0.1) is 29.0 Å². The van der Waals surface area contributed by atoms with Gasteiger partial charge in [-0.2, -0.15) is 10.4 Å². The molecule has 0 fully saturated rings. The van der Waals surface area contributed by atoms with Crippen LogP contribution in [0.2, 0.25) is 0 Å². The van der Waals surface area contributed by atoms with Gasteiger partial charge in [-0.15, -0.1) is 0 Å². The minimum atomic E-state index is -1.04. The summed E-state index contributed by atoms with van der Waals surface area (Å²) < 4.78 is 0. The summed E-state index contributed by atoms with van der Waals surface area (Å²) in [5.74, 6) is -0.00991. The molecule has 0 saturated carbocycles. The summed E-state index contributed by atoms with van der Waals surface area (Å²) in [7, 11) is 0. The van der Waals surface area contributed by atoms with Crippen LogP contribution in [-0.4, -0.2) is 20.1 Å². The van der Waals surface area contributed by atoms with Gasteiger partial charge < -0.3 is 16.2 Å². The Labute approximate surface area is 167 Å². The molecular formula is C20H20N8O. The molecule has 146 valence electrons. The van der Waals surface area contributed by atoms with Crippen molar-refractivity contribution in [3.8, 4) is 6.07 Å². The molecule has 2 heterocycles. The van der Waals surface area contributed by atoms with Crippen LogP contribution < -0.4 is 11.1 Å². The highest BCUT2D eigenvalue weighted by Crippen LogP contribution is 2.26. The predicted molar refractivity (Wildman–Crippen MR) is 108 cm³/mol. The summed E-state index contributed by atoms with van der Waals surface area (Å²) in [4.78, 5) is 12.8. The third kappa shape index (κ3) is 4.34. The molecule has 0 aliphatic rings. The maximum Gasteiger partial charge on any atom is 0.221 e. The van der Waals surface area contributed by atoms with Crippen molar-refractivity contribution < 1.29 is 5.11 Å². The summed E-state index contributed by atoms with van der Waals surface area (Å²) in [6, 6.07) is 12.6. The largest absolute Gasteiger partial charge is 0.384 e. The number of nitrogens with one attached hydrogen (secondary N) is 2. The van der Waals surface area contributed by atoms with Crippen LogP contribution in [-0.2, 0) is 12.1 Å². The van der Waals surface area contributed by atoms with Crippen LogP contribution in [0.4, 0.5) is 5.95 Å². The van der Waals surface area contributed by atoms with E-state index in [2.05, 4.69) is 31.5 Å². The molecule has 9 heteroatoms. The molecule has 3 aromatic rings. The van der Waals surface area contributed by atoms with Gasteiger partial charge in [0, 0.05) is 11.6 Å². The SMILES string of the molecule is CC(C)(O)c1cccc(CN/C=C(\N=N)c2nc(N)nc3c(C#N)cccc23)n1. The fourth-order valence-corrected chi connectivity index (χ4v) is 2.78. The first-order valence-corrected chi connectivity index (χ1v) is 8.80. The third-order valence-electron chi connectivity index (χ3n) is 4.18. The number of pyridine rings is 1. The second kappa shape index (κ2) is 8.00. The van der Waals surface area contributed by atoms with Gasteiger partial charge in [0.15, 0.2) is 0 Å². The van der Waals surface area contributed by atoms with Crippen LogP contribution in [0.3, 0.4) is 0 Å². The number of hydrogen-bond donors (Lipinski definition) is 4. The van der Waals surface area contributed by atoms with E-state index in [1.807, 2.05) is 12.1 Å². The van der Waals surface area contributed by atoms with Crippen LogP contribution >= 0.6 is 0 Å². The van der Waals surface area contributed by atoms with Crippen molar-refractivity contribution in [1.29, 1.82) is 10.8 Å². The Bertz CT molecular complexity index is 1140. The molecule has 0 radical (unpaired) electrons. The molecule has 0 spiro atoms. The van der Waals surface area contributed by atoms with Crippen LogP contribution in [0.15, 0.2) is 47.7 Å². The lowest BCUT2D eigenvalue weighted by atomic mass is 10.0. The molecule has 9 nitrogen and oxygen atoms in total. The van der Waals surface area contributed by atoms with Gasteiger partial charge in [0.25, 0.3) is 0 Å². The lowest BCUT2D eigenvalue weighted by molar-refractivity contribution is 0.0736. The number of para-hydroxylation sites is 1. The van der Waals surface area contributed by atoms with E-state index < -0.39 is 5.60 Å². The van der Waals surface area contributed by atoms with Crippen molar-refractivity contribution in [3.05, 3.63) is 65.2 Å². The van der Waals surface area contributed by atoms with Crippen molar-refractivity contribution in [3.63, 3.8) is 0 Å². The fourth-order valence-electron chi connectivity index (χ4n) is 2.78. The average molecular weight is 388 g/mol. The predicted octanol–water partition coefficient (Wildman–Crippen LogP) is 2.83. The van der Waals surface area contributed by atoms with E-state index in [-0.39, 0.29) is 11.6 Å². The first-order chi connectivity index (χ1) is 13.8. The molecule has 0 atom stereocenters. The zero-order valence-electron chi connectivity index (χ0n) is 16.0. The Hall–Kier alpha value is -3.90. The first-order valence-electron chi connectivity index (χ1n) is 8.80. The van der Waals surface area contributed by atoms with Gasteiger partial charge in [0.1, 0.15) is 23.1 Å². The fraction of sp³-hybridized carbons (Fsp3) is 0.200. The van der Waals surface area contributed by atoms with E-state index in [0.29, 0.717) is 40.1 Å². The van der Waals surface area contributed by atoms with Crippen molar-refractivity contribution in [2.24, 2.45) is 5.11 Å². The molecule has 3 rings (SSSR count). The van der Waals surface area contributed by atoms with Gasteiger partial charge in [-0.3, -0.25) is 4.98 Å². The van der Waals surface area contributed by atoms with Crippen LogP contribution in [0, 0.1) is 16.9 Å². The number of hydrogen-bond acceptors (Lipinski definition) is 9. The molecule has 2 aromatic heterocycles. The maximum atomic E-state index is 10.1. The molecule has 5 N–H and O–H groups in total. The summed E-state index contributed by atoms with van der Waals surface area (Å²) in [5.41, 5.74) is 14.9. The minimum absolute atomic E-state index is 0.00991.